The summed E-state index contributed by atoms with van der Waals surface area (Å²) in [7, 11) is 0. The van der Waals surface area contributed by atoms with Crippen LogP contribution in [0.15, 0.2) is 17.1 Å². The number of carbonyl (C=O) groups is 4. The van der Waals surface area contributed by atoms with Gasteiger partial charge < -0.3 is 30.3 Å². The predicted octanol–water partition coefficient (Wildman–Crippen LogP) is 6.37. The van der Waals surface area contributed by atoms with Crippen molar-refractivity contribution in [3.8, 4) is 0 Å². The number of hydrogen-bond donors (Lipinski definition) is 3. The van der Waals surface area contributed by atoms with E-state index in [9.17, 15) is 19.2 Å². The molecule has 256 valence electrons. The number of carbonyl (C=O) groups excluding carboxylic acids is 4. The molecule has 0 bridgehead atoms. The van der Waals surface area contributed by atoms with Gasteiger partial charge in [0.05, 0.1) is 33.7 Å². The average molecular weight is 679 g/mol. The number of Topliss-reactive ketones (excluding diaryl/α,β-unsaturated/α-hetero) is 1. The van der Waals surface area contributed by atoms with Crippen LogP contribution in [0.2, 0.25) is 0 Å². The molecule has 0 aliphatic heterocycles. The number of rotatable bonds is 17. The van der Waals surface area contributed by atoms with Crippen LogP contribution in [-0.2, 0) is 27.4 Å². The summed E-state index contributed by atoms with van der Waals surface area (Å²) < 4.78 is 10.6. The van der Waals surface area contributed by atoms with E-state index in [1.807, 2.05) is 19.2 Å². The third kappa shape index (κ3) is 13.6. The molecule has 2 aromatic rings. The van der Waals surface area contributed by atoms with Crippen LogP contribution >= 0.6 is 22.7 Å². The number of hydrogen-bond acceptors (Lipinski definition) is 10. The lowest BCUT2D eigenvalue weighted by Gasteiger charge is -2.27. The number of ketones is 1. The van der Waals surface area contributed by atoms with E-state index in [2.05, 4.69) is 34.8 Å². The van der Waals surface area contributed by atoms with E-state index in [1.54, 1.807) is 48.7 Å². The van der Waals surface area contributed by atoms with Gasteiger partial charge in [0.1, 0.15) is 12.2 Å². The van der Waals surface area contributed by atoms with Crippen LogP contribution in [0.5, 0.6) is 0 Å². The van der Waals surface area contributed by atoms with Crippen molar-refractivity contribution in [3.63, 3.8) is 0 Å². The summed E-state index contributed by atoms with van der Waals surface area (Å²) in [4.78, 5) is 62.8. The Bertz CT molecular complexity index is 1270. The van der Waals surface area contributed by atoms with Crippen molar-refractivity contribution in [1.29, 1.82) is 0 Å². The van der Waals surface area contributed by atoms with E-state index in [4.69, 9.17) is 14.5 Å². The number of aromatic nitrogens is 2. The highest BCUT2D eigenvalue weighted by Crippen LogP contribution is 2.29. The van der Waals surface area contributed by atoms with Gasteiger partial charge in [0.2, 0.25) is 0 Å². The molecular formula is C32H50N6O6S2. The van der Waals surface area contributed by atoms with E-state index in [0.717, 1.165) is 28.4 Å². The first-order chi connectivity index (χ1) is 21.7. The molecule has 1 saturated carbocycles. The first kappa shape index (κ1) is 37.2. The molecule has 12 nitrogen and oxygen atoms in total. The Hall–Kier alpha value is -3.26. The Morgan fingerprint density at radius 3 is 2.37 bits per heavy atom. The second-order valence-electron chi connectivity index (χ2n) is 13.4. The third-order valence-corrected chi connectivity index (χ3v) is 9.21. The van der Waals surface area contributed by atoms with Crippen molar-refractivity contribution >= 4 is 46.7 Å². The minimum Gasteiger partial charge on any atom is -0.444 e. The highest BCUT2D eigenvalue weighted by molar-refractivity contribution is 7.09. The minimum absolute atomic E-state index is 0.00665. The summed E-state index contributed by atoms with van der Waals surface area (Å²) in [6.45, 7) is 14.1. The molecule has 0 aromatic carbocycles. The molecule has 3 atom stereocenters. The molecule has 2 heterocycles. The fourth-order valence-corrected chi connectivity index (χ4v) is 5.99. The lowest BCUT2D eigenvalue weighted by atomic mass is 9.93. The van der Waals surface area contributed by atoms with Crippen LogP contribution in [0.25, 0.3) is 0 Å². The van der Waals surface area contributed by atoms with Gasteiger partial charge in [-0.1, -0.05) is 20.8 Å². The number of nitrogens with zero attached hydrogens (tertiary/aromatic N) is 3. The van der Waals surface area contributed by atoms with E-state index in [0.29, 0.717) is 25.3 Å². The molecule has 1 fully saturated rings. The Kier molecular flexibility index (Phi) is 14.2. The van der Waals surface area contributed by atoms with Gasteiger partial charge in [-0.25, -0.2) is 19.4 Å². The summed E-state index contributed by atoms with van der Waals surface area (Å²) in [6.07, 6.45) is 4.23. The zero-order valence-corrected chi connectivity index (χ0v) is 29.7. The first-order valence-electron chi connectivity index (χ1n) is 16.0. The van der Waals surface area contributed by atoms with Crippen molar-refractivity contribution in [1.82, 2.24) is 30.8 Å². The monoisotopic (exact) mass is 678 g/mol. The number of ether oxygens (including phenoxy) is 2. The van der Waals surface area contributed by atoms with Crippen LogP contribution < -0.4 is 16.0 Å². The van der Waals surface area contributed by atoms with E-state index in [1.165, 1.54) is 11.3 Å². The van der Waals surface area contributed by atoms with Gasteiger partial charge in [0, 0.05) is 42.5 Å². The van der Waals surface area contributed by atoms with Crippen molar-refractivity contribution < 1.29 is 28.7 Å². The van der Waals surface area contributed by atoms with Crippen LogP contribution in [0.1, 0.15) is 108 Å². The maximum atomic E-state index is 13.6. The van der Waals surface area contributed by atoms with Crippen LogP contribution in [0.3, 0.4) is 0 Å². The van der Waals surface area contributed by atoms with Gasteiger partial charge in [-0.15, -0.1) is 22.7 Å². The number of alkyl carbamates (subject to hydrolysis) is 2. The topological polar surface area (TPSA) is 152 Å². The summed E-state index contributed by atoms with van der Waals surface area (Å²) >= 11 is 3.01. The van der Waals surface area contributed by atoms with Crippen LogP contribution in [0.4, 0.5) is 14.4 Å². The highest BCUT2D eigenvalue weighted by atomic mass is 32.1. The van der Waals surface area contributed by atoms with Crippen molar-refractivity contribution in [2.75, 3.05) is 6.54 Å². The van der Waals surface area contributed by atoms with E-state index >= 15 is 0 Å². The molecule has 1 aliphatic rings. The molecule has 2 aromatic heterocycles. The van der Waals surface area contributed by atoms with Crippen molar-refractivity contribution in [3.05, 3.63) is 32.7 Å². The lowest BCUT2D eigenvalue weighted by Crippen LogP contribution is -2.50. The highest BCUT2D eigenvalue weighted by Gasteiger charge is 2.35. The summed E-state index contributed by atoms with van der Waals surface area (Å²) in [5.74, 6) is 0.209. The molecule has 14 heteroatoms. The van der Waals surface area contributed by atoms with Gasteiger partial charge in [-0.05, 0) is 65.7 Å². The Morgan fingerprint density at radius 1 is 1.02 bits per heavy atom. The second kappa shape index (κ2) is 17.6. The fourth-order valence-electron chi connectivity index (χ4n) is 4.65. The SMILES string of the molecule is CC(CCC(C)NC(=O)OCc1cncs1)CC(=O)C(CCNC(=O)OC(C)(C)C)NC(=O)N(Cc1csc(C(C)C)n1)C1CC1. The quantitative estimate of drug-likeness (QED) is 0.175. The molecule has 46 heavy (non-hydrogen) atoms. The first-order valence-corrected chi connectivity index (χ1v) is 17.8. The molecular weight excluding hydrogens is 629 g/mol. The molecule has 1 aliphatic carbocycles. The smallest absolute Gasteiger partial charge is 0.407 e. The van der Waals surface area contributed by atoms with Gasteiger partial charge in [-0.2, -0.15) is 0 Å². The molecule has 4 amide bonds. The Morgan fingerprint density at radius 2 is 1.76 bits per heavy atom. The normalized spacial score (nSPS) is 15.0. The molecule has 3 N–H and O–H groups in total. The maximum Gasteiger partial charge on any atom is 0.407 e. The molecule has 0 spiro atoms. The number of thiazole rings is 2. The Labute approximate surface area is 280 Å². The second-order valence-corrected chi connectivity index (χ2v) is 15.2. The molecule has 0 radical (unpaired) electrons. The number of nitrogens with one attached hydrogen (secondary N) is 3. The number of amides is 4. The maximum absolute atomic E-state index is 13.6. The standard InChI is InChI=1S/C32H50N6O6S2/c1-20(2)28-36-23(18-45-28)16-38(24-10-11-24)29(40)37-26(12-13-34-30(41)44-32(5,6)7)27(39)14-21(3)8-9-22(4)35-31(42)43-17-25-15-33-19-46-25/h15,18-22,24,26H,8-14,16-17H2,1-7H3,(H,34,41)(H,35,42)(H,37,40). The largest absolute Gasteiger partial charge is 0.444 e. The molecule has 0 saturated heterocycles. The fraction of sp³-hybridized carbons (Fsp3) is 0.688. The van der Waals surface area contributed by atoms with Gasteiger partial charge in [0.15, 0.2) is 5.78 Å². The van der Waals surface area contributed by atoms with Crippen molar-refractivity contribution in [2.45, 2.75) is 130 Å². The van der Waals surface area contributed by atoms with Crippen LogP contribution in [0, 0.1) is 5.92 Å². The summed E-state index contributed by atoms with van der Waals surface area (Å²) in [6, 6.07) is -1.12. The molecule has 3 unspecified atom stereocenters. The summed E-state index contributed by atoms with van der Waals surface area (Å²) in [5, 5.41) is 11.5. The molecule has 3 rings (SSSR count). The number of urea groups is 1. The van der Waals surface area contributed by atoms with E-state index in [-0.39, 0.29) is 55.8 Å². The average Bonchev–Trinajstić information content (AvgIpc) is 3.44. The van der Waals surface area contributed by atoms with E-state index < -0.39 is 23.8 Å². The van der Waals surface area contributed by atoms with Crippen LogP contribution in [-0.4, -0.2) is 69.1 Å². The lowest BCUT2D eigenvalue weighted by molar-refractivity contribution is -0.121. The Balaban J connectivity index is 1.55. The summed E-state index contributed by atoms with van der Waals surface area (Å²) in [5.41, 5.74) is 1.88. The van der Waals surface area contributed by atoms with Gasteiger partial charge in [-0.3, -0.25) is 9.78 Å². The minimum atomic E-state index is -0.787. The van der Waals surface area contributed by atoms with Gasteiger partial charge in [0.25, 0.3) is 0 Å². The zero-order chi connectivity index (χ0) is 33.9. The van der Waals surface area contributed by atoms with Gasteiger partial charge >= 0.3 is 18.2 Å². The third-order valence-electron chi connectivity index (χ3n) is 7.27. The zero-order valence-electron chi connectivity index (χ0n) is 28.1. The predicted molar refractivity (Wildman–Crippen MR) is 179 cm³/mol. The van der Waals surface area contributed by atoms with Crippen molar-refractivity contribution in [2.24, 2.45) is 5.92 Å².